The second-order valence-corrected chi connectivity index (χ2v) is 10.6. The molecule has 0 saturated heterocycles. The third-order valence-electron chi connectivity index (χ3n) is 5.92. The molecule has 0 saturated carbocycles. The molecule has 0 spiro atoms. The van der Waals surface area contributed by atoms with Gasteiger partial charge < -0.3 is 10.1 Å². The van der Waals surface area contributed by atoms with E-state index < -0.39 is 10.0 Å². The second kappa shape index (κ2) is 11.8. The topological polar surface area (TPSA) is 75.7 Å². The highest BCUT2D eigenvalue weighted by Gasteiger charge is 2.25. The van der Waals surface area contributed by atoms with Gasteiger partial charge in [0.25, 0.3) is 15.9 Å². The number of nitrogens with zero attached hydrogens (tertiary/aromatic N) is 1. The van der Waals surface area contributed by atoms with E-state index in [1.807, 2.05) is 61.5 Å². The zero-order valence-corrected chi connectivity index (χ0v) is 21.7. The molecule has 4 rings (SSSR count). The van der Waals surface area contributed by atoms with Gasteiger partial charge in [-0.15, -0.1) is 0 Å². The van der Waals surface area contributed by atoms with E-state index in [1.54, 1.807) is 48.5 Å². The standard InChI is InChI=1S/C30H30N2O4S/c1-3-24-11-13-26(14-12-24)31-30(33)22-36-28-17-15-27(16-18-28)32(21-25-7-5-4-6-8-25)37(34,35)29-19-9-23(2)10-20-29/h4-20H,3,21-22H2,1-2H3,(H,31,33). The molecule has 190 valence electrons. The van der Waals surface area contributed by atoms with E-state index in [9.17, 15) is 13.2 Å². The molecule has 0 aliphatic rings. The van der Waals surface area contributed by atoms with Crippen LogP contribution in [0.25, 0.3) is 0 Å². The lowest BCUT2D eigenvalue weighted by Crippen LogP contribution is -2.30. The van der Waals surface area contributed by atoms with Crippen molar-refractivity contribution in [3.05, 3.63) is 120 Å². The van der Waals surface area contributed by atoms with Crippen LogP contribution in [0.4, 0.5) is 11.4 Å². The Morgan fingerprint density at radius 2 is 1.46 bits per heavy atom. The minimum Gasteiger partial charge on any atom is -0.484 e. The fraction of sp³-hybridized carbons (Fsp3) is 0.167. The van der Waals surface area contributed by atoms with Gasteiger partial charge in [0.15, 0.2) is 6.61 Å². The highest BCUT2D eigenvalue weighted by Crippen LogP contribution is 2.28. The van der Waals surface area contributed by atoms with E-state index in [-0.39, 0.29) is 24.0 Å². The number of nitrogens with one attached hydrogen (secondary N) is 1. The van der Waals surface area contributed by atoms with Crippen LogP contribution in [0.2, 0.25) is 0 Å². The maximum atomic E-state index is 13.6. The number of benzene rings is 4. The average Bonchev–Trinajstić information content (AvgIpc) is 2.92. The molecule has 4 aromatic rings. The maximum absolute atomic E-state index is 13.6. The van der Waals surface area contributed by atoms with Gasteiger partial charge in [0.2, 0.25) is 0 Å². The number of rotatable bonds is 10. The number of ether oxygens (including phenoxy) is 1. The third-order valence-corrected chi connectivity index (χ3v) is 7.71. The van der Waals surface area contributed by atoms with Gasteiger partial charge in [-0.25, -0.2) is 8.42 Å². The summed E-state index contributed by atoms with van der Waals surface area (Å²) < 4.78 is 34.2. The van der Waals surface area contributed by atoms with Crippen molar-refractivity contribution in [2.24, 2.45) is 0 Å². The van der Waals surface area contributed by atoms with Crippen LogP contribution in [0.5, 0.6) is 5.75 Å². The van der Waals surface area contributed by atoms with E-state index in [4.69, 9.17) is 4.74 Å². The minimum atomic E-state index is -3.82. The molecule has 0 radical (unpaired) electrons. The monoisotopic (exact) mass is 514 g/mol. The van der Waals surface area contributed by atoms with Gasteiger partial charge in [-0.2, -0.15) is 0 Å². The Bertz CT molecular complexity index is 1420. The van der Waals surface area contributed by atoms with Gasteiger partial charge in [0.05, 0.1) is 17.1 Å². The lowest BCUT2D eigenvalue weighted by molar-refractivity contribution is -0.118. The summed E-state index contributed by atoms with van der Waals surface area (Å²) in [6.07, 6.45) is 0.933. The van der Waals surface area contributed by atoms with Crippen molar-refractivity contribution < 1.29 is 17.9 Å². The summed E-state index contributed by atoms with van der Waals surface area (Å²) >= 11 is 0. The summed E-state index contributed by atoms with van der Waals surface area (Å²) in [5, 5.41) is 2.81. The molecule has 0 unspecified atom stereocenters. The largest absolute Gasteiger partial charge is 0.484 e. The highest BCUT2D eigenvalue weighted by molar-refractivity contribution is 7.92. The molecule has 0 aromatic heterocycles. The predicted octanol–water partition coefficient (Wildman–Crippen LogP) is 5.97. The lowest BCUT2D eigenvalue weighted by Gasteiger charge is -2.25. The molecule has 0 heterocycles. The number of carbonyl (C=O) groups is 1. The van der Waals surface area contributed by atoms with E-state index in [0.29, 0.717) is 17.1 Å². The Kier molecular flexibility index (Phi) is 8.25. The van der Waals surface area contributed by atoms with Gasteiger partial charge in [-0.05, 0) is 73.0 Å². The number of anilines is 2. The molecule has 37 heavy (non-hydrogen) atoms. The molecule has 6 nitrogen and oxygen atoms in total. The van der Waals surface area contributed by atoms with Crippen molar-refractivity contribution in [1.29, 1.82) is 0 Å². The van der Waals surface area contributed by atoms with Crippen molar-refractivity contribution in [2.45, 2.75) is 31.7 Å². The molecule has 0 aliphatic heterocycles. The summed E-state index contributed by atoms with van der Waals surface area (Å²) in [4.78, 5) is 12.5. The van der Waals surface area contributed by atoms with Crippen LogP contribution in [-0.4, -0.2) is 20.9 Å². The van der Waals surface area contributed by atoms with E-state index in [2.05, 4.69) is 12.2 Å². The zero-order chi connectivity index (χ0) is 26.3. The SMILES string of the molecule is CCc1ccc(NC(=O)COc2ccc(N(Cc3ccccc3)S(=O)(=O)c3ccc(C)cc3)cc2)cc1. The van der Waals surface area contributed by atoms with E-state index in [0.717, 1.165) is 17.5 Å². The second-order valence-electron chi connectivity index (χ2n) is 8.69. The zero-order valence-electron chi connectivity index (χ0n) is 20.9. The molecule has 0 aliphatic carbocycles. The van der Waals surface area contributed by atoms with Crippen molar-refractivity contribution in [3.8, 4) is 5.75 Å². The quantitative estimate of drug-likeness (QED) is 0.283. The number of hydrogen-bond acceptors (Lipinski definition) is 4. The Hall–Kier alpha value is -4.10. The van der Waals surface area contributed by atoms with Crippen LogP contribution in [-0.2, 0) is 27.8 Å². The number of aryl methyl sites for hydroxylation is 2. The van der Waals surface area contributed by atoms with Crippen LogP contribution in [0.15, 0.2) is 108 Å². The lowest BCUT2D eigenvalue weighted by atomic mass is 10.1. The molecular formula is C30H30N2O4S. The van der Waals surface area contributed by atoms with Crippen LogP contribution in [0, 0.1) is 6.92 Å². The normalized spacial score (nSPS) is 11.1. The molecule has 1 N–H and O–H groups in total. The van der Waals surface area contributed by atoms with Crippen molar-refractivity contribution >= 4 is 27.3 Å². The fourth-order valence-corrected chi connectivity index (χ4v) is 5.23. The average molecular weight is 515 g/mol. The molecule has 1 amide bonds. The highest BCUT2D eigenvalue weighted by atomic mass is 32.2. The Morgan fingerprint density at radius 3 is 2.08 bits per heavy atom. The molecule has 0 atom stereocenters. The summed E-state index contributed by atoms with van der Waals surface area (Å²) in [6.45, 7) is 4.01. The van der Waals surface area contributed by atoms with Gasteiger partial charge in [-0.3, -0.25) is 9.10 Å². The molecule has 0 bridgehead atoms. The molecule has 0 fully saturated rings. The van der Waals surface area contributed by atoms with Gasteiger partial charge in [-0.1, -0.05) is 67.1 Å². The van der Waals surface area contributed by atoms with Crippen molar-refractivity contribution in [2.75, 3.05) is 16.2 Å². The smallest absolute Gasteiger partial charge is 0.264 e. The van der Waals surface area contributed by atoms with Gasteiger partial charge >= 0.3 is 0 Å². The first-order valence-electron chi connectivity index (χ1n) is 12.1. The maximum Gasteiger partial charge on any atom is 0.264 e. The van der Waals surface area contributed by atoms with Gasteiger partial charge in [0.1, 0.15) is 5.75 Å². The van der Waals surface area contributed by atoms with Crippen LogP contribution < -0.4 is 14.4 Å². The number of amides is 1. The fourth-order valence-electron chi connectivity index (χ4n) is 3.78. The molecular weight excluding hydrogens is 484 g/mol. The summed E-state index contributed by atoms with van der Waals surface area (Å²) in [6, 6.07) is 30.6. The summed E-state index contributed by atoms with van der Waals surface area (Å²) in [5.74, 6) is 0.189. The third kappa shape index (κ3) is 6.77. The molecule has 7 heteroatoms. The van der Waals surface area contributed by atoms with E-state index in [1.165, 1.54) is 9.87 Å². The van der Waals surface area contributed by atoms with Crippen LogP contribution in [0.1, 0.15) is 23.6 Å². The predicted molar refractivity (Wildman–Crippen MR) is 147 cm³/mol. The Labute approximate surface area is 218 Å². The number of sulfonamides is 1. The first-order chi connectivity index (χ1) is 17.8. The summed E-state index contributed by atoms with van der Waals surface area (Å²) in [5.41, 5.74) is 4.25. The Balaban J connectivity index is 1.48. The van der Waals surface area contributed by atoms with Crippen molar-refractivity contribution in [3.63, 3.8) is 0 Å². The number of hydrogen-bond donors (Lipinski definition) is 1. The first kappa shape index (κ1) is 26.0. The van der Waals surface area contributed by atoms with Crippen LogP contribution >= 0.6 is 0 Å². The van der Waals surface area contributed by atoms with Gasteiger partial charge in [0, 0.05) is 5.69 Å². The minimum absolute atomic E-state index is 0.162. The van der Waals surface area contributed by atoms with Crippen LogP contribution in [0.3, 0.4) is 0 Å². The number of carbonyl (C=O) groups excluding carboxylic acids is 1. The Morgan fingerprint density at radius 1 is 0.811 bits per heavy atom. The first-order valence-corrected chi connectivity index (χ1v) is 13.5. The summed E-state index contributed by atoms with van der Waals surface area (Å²) in [7, 11) is -3.82. The van der Waals surface area contributed by atoms with E-state index >= 15 is 0 Å². The van der Waals surface area contributed by atoms with Crippen molar-refractivity contribution in [1.82, 2.24) is 0 Å². The molecule has 4 aromatic carbocycles.